The highest BCUT2D eigenvalue weighted by molar-refractivity contribution is 6.34. The van der Waals surface area contributed by atoms with Gasteiger partial charge in [-0.1, -0.05) is 23.2 Å². The number of hydrogen-bond acceptors (Lipinski definition) is 2. The minimum Gasteiger partial charge on any atom is -0.324 e. The molecule has 4 heteroatoms. The summed E-state index contributed by atoms with van der Waals surface area (Å²) < 4.78 is 0. The summed E-state index contributed by atoms with van der Waals surface area (Å²) in [4.78, 5) is 3.97. The van der Waals surface area contributed by atoms with Crippen LogP contribution in [0, 0.1) is 0 Å². The largest absolute Gasteiger partial charge is 0.324 e. The molecule has 1 heterocycles. The van der Waals surface area contributed by atoms with Crippen LogP contribution in [-0.4, -0.2) is 4.98 Å². The Bertz CT molecular complexity index is 480. The number of nitrogens with two attached hydrogens (primary N) is 1. The third-order valence-electron chi connectivity index (χ3n) is 2.52. The van der Waals surface area contributed by atoms with Crippen molar-refractivity contribution in [1.82, 2.24) is 4.98 Å². The molecule has 2 N–H and O–H groups in total. The van der Waals surface area contributed by atoms with Crippen molar-refractivity contribution in [1.29, 1.82) is 0 Å². The first kappa shape index (κ1) is 12.4. The molecule has 0 bridgehead atoms. The first-order valence-corrected chi connectivity index (χ1v) is 6.01. The fourth-order valence-electron chi connectivity index (χ4n) is 1.68. The minimum atomic E-state index is -0.117. The van der Waals surface area contributed by atoms with Gasteiger partial charge in [0.1, 0.15) is 0 Å². The van der Waals surface area contributed by atoms with Crippen molar-refractivity contribution in [3.8, 4) is 0 Å². The SMILES string of the molecule is NC(Cc1ccncc1)c1cc(Cl)cc(Cl)c1. The van der Waals surface area contributed by atoms with Crippen molar-refractivity contribution >= 4 is 23.2 Å². The van der Waals surface area contributed by atoms with Crippen LogP contribution in [0.15, 0.2) is 42.7 Å². The van der Waals surface area contributed by atoms with E-state index in [0.717, 1.165) is 17.5 Å². The number of aromatic nitrogens is 1. The molecule has 0 saturated carbocycles. The quantitative estimate of drug-likeness (QED) is 0.922. The number of hydrogen-bond donors (Lipinski definition) is 1. The summed E-state index contributed by atoms with van der Waals surface area (Å²) in [5.74, 6) is 0. The highest BCUT2D eigenvalue weighted by atomic mass is 35.5. The normalized spacial score (nSPS) is 12.4. The van der Waals surface area contributed by atoms with Crippen molar-refractivity contribution in [3.63, 3.8) is 0 Å². The summed E-state index contributed by atoms with van der Waals surface area (Å²) in [6.45, 7) is 0. The summed E-state index contributed by atoms with van der Waals surface area (Å²) in [7, 11) is 0. The maximum Gasteiger partial charge on any atom is 0.0424 e. The predicted molar refractivity (Wildman–Crippen MR) is 71.3 cm³/mol. The Hall–Kier alpha value is -1.09. The lowest BCUT2D eigenvalue weighted by Crippen LogP contribution is -2.13. The molecular weight excluding hydrogens is 255 g/mol. The van der Waals surface area contributed by atoms with Crippen molar-refractivity contribution in [3.05, 3.63) is 63.9 Å². The second-order valence-electron chi connectivity index (χ2n) is 3.87. The molecule has 0 aliphatic rings. The molecule has 0 aliphatic heterocycles. The van der Waals surface area contributed by atoms with Gasteiger partial charge in [0.05, 0.1) is 0 Å². The van der Waals surface area contributed by atoms with Crippen LogP contribution < -0.4 is 5.73 Å². The number of benzene rings is 1. The maximum absolute atomic E-state index is 6.13. The van der Waals surface area contributed by atoms with Crippen molar-refractivity contribution in [2.75, 3.05) is 0 Å². The zero-order valence-electron chi connectivity index (χ0n) is 9.11. The topological polar surface area (TPSA) is 38.9 Å². The summed E-state index contributed by atoms with van der Waals surface area (Å²) in [5.41, 5.74) is 8.21. The lowest BCUT2D eigenvalue weighted by Gasteiger charge is -2.12. The van der Waals surface area contributed by atoms with Crippen LogP contribution in [0.1, 0.15) is 17.2 Å². The van der Waals surface area contributed by atoms with E-state index < -0.39 is 0 Å². The van der Waals surface area contributed by atoms with E-state index in [1.165, 1.54) is 0 Å². The Balaban J connectivity index is 2.17. The molecule has 0 amide bonds. The van der Waals surface area contributed by atoms with Crippen LogP contribution >= 0.6 is 23.2 Å². The van der Waals surface area contributed by atoms with E-state index in [4.69, 9.17) is 28.9 Å². The maximum atomic E-state index is 6.13. The Kier molecular flexibility index (Phi) is 4.00. The summed E-state index contributed by atoms with van der Waals surface area (Å²) in [6.07, 6.45) is 4.25. The molecule has 1 atom stereocenters. The molecule has 0 fully saturated rings. The predicted octanol–water partition coefficient (Wildman–Crippen LogP) is 3.63. The van der Waals surface area contributed by atoms with Crippen LogP contribution in [0.5, 0.6) is 0 Å². The fourth-order valence-corrected chi connectivity index (χ4v) is 2.22. The smallest absolute Gasteiger partial charge is 0.0424 e. The Morgan fingerprint density at radius 3 is 2.24 bits per heavy atom. The molecule has 1 aromatic heterocycles. The second kappa shape index (κ2) is 5.50. The van der Waals surface area contributed by atoms with Gasteiger partial charge in [0, 0.05) is 28.5 Å². The molecule has 2 aromatic rings. The third kappa shape index (κ3) is 3.43. The summed E-state index contributed by atoms with van der Waals surface area (Å²) in [6, 6.07) is 9.18. The Morgan fingerprint density at radius 1 is 1.06 bits per heavy atom. The van der Waals surface area contributed by atoms with E-state index >= 15 is 0 Å². The fraction of sp³-hybridized carbons (Fsp3) is 0.154. The van der Waals surface area contributed by atoms with E-state index in [-0.39, 0.29) is 6.04 Å². The highest BCUT2D eigenvalue weighted by Crippen LogP contribution is 2.24. The highest BCUT2D eigenvalue weighted by Gasteiger charge is 2.08. The van der Waals surface area contributed by atoms with E-state index in [1.54, 1.807) is 18.5 Å². The lowest BCUT2D eigenvalue weighted by molar-refractivity contribution is 0.721. The summed E-state index contributed by atoms with van der Waals surface area (Å²) >= 11 is 11.9. The molecule has 0 radical (unpaired) electrons. The monoisotopic (exact) mass is 266 g/mol. The van der Waals surface area contributed by atoms with Crippen molar-refractivity contribution < 1.29 is 0 Å². The van der Waals surface area contributed by atoms with Gasteiger partial charge >= 0.3 is 0 Å². The van der Waals surface area contributed by atoms with Gasteiger partial charge in [0.2, 0.25) is 0 Å². The van der Waals surface area contributed by atoms with Gasteiger partial charge in [-0.3, -0.25) is 4.98 Å². The van der Waals surface area contributed by atoms with Crippen LogP contribution in [0.25, 0.3) is 0 Å². The van der Waals surface area contributed by atoms with E-state index in [0.29, 0.717) is 10.0 Å². The van der Waals surface area contributed by atoms with Crippen LogP contribution in [0.3, 0.4) is 0 Å². The van der Waals surface area contributed by atoms with Crippen molar-refractivity contribution in [2.45, 2.75) is 12.5 Å². The van der Waals surface area contributed by atoms with Crippen LogP contribution in [-0.2, 0) is 6.42 Å². The Morgan fingerprint density at radius 2 is 1.65 bits per heavy atom. The summed E-state index contributed by atoms with van der Waals surface area (Å²) in [5, 5.41) is 1.22. The van der Waals surface area contributed by atoms with E-state index in [2.05, 4.69) is 4.98 Å². The third-order valence-corrected chi connectivity index (χ3v) is 2.95. The van der Waals surface area contributed by atoms with Gasteiger partial charge in [0.25, 0.3) is 0 Å². The van der Waals surface area contributed by atoms with Gasteiger partial charge in [-0.25, -0.2) is 0 Å². The minimum absolute atomic E-state index is 0.117. The average molecular weight is 267 g/mol. The van der Waals surface area contributed by atoms with Gasteiger partial charge < -0.3 is 5.73 Å². The van der Waals surface area contributed by atoms with Crippen LogP contribution in [0.2, 0.25) is 10.0 Å². The zero-order valence-corrected chi connectivity index (χ0v) is 10.6. The average Bonchev–Trinajstić information content (AvgIpc) is 2.29. The molecule has 0 aliphatic carbocycles. The van der Waals surface area contributed by atoms with Gasteiger partial charge in [-0.15, -0.1) is 0 Å². The lowest BCUT2D eigenvalue weighted by atomic mass is 10.0. The van der Waals surface area contributed by atoms with E-state index in [1.807, 2.05) is 24.3 Å². The van der Waals surface area contributed by atoms with Crippen LogP contribution in [0.4, 0.5) is 0 Å². The number of pyridine rings is 1. The molecule has 1 aromatic carbocycles. The number of nitrogens with zero attached hydrogens (tertiary/aromatic N) is 1. The molecule has 2 nitrogen and oxygen atoms in total. The molecule has 0 saturated heterocycles. The van der Waals surface area contributed by atoms with E-state index in [9.17, 15) is 0 Å². The van der Waals surface area contributed by atoms with Gasteiger partial charge in [-0.2, -0.15) is 0 Å². The zero-order chi connectivity index (χ0) is 12.3. The molecular formula is C13H12Cl2N2. The van der Waals surface area contributed by atoms with Crippen molar-refractivity contribution in [2.24, 2.45) is 5.73 Å². The first-order valence-electron chi connectivity index (χ1n) is 5.25. The molecule has 17 heavy (non-hydrogen) atoms. The number of rotatable bonds is 3. The Labute approximate surface area is 110 Å². The number of halogens is 2. The molecule has 2 rings (SSSR count). The molecule has 88 valence electrons. The van der Waals surface area contributed by atoms with Gasteiger partial charge in [0.15, 0.2) is 0 Å². The van der Waals surface area contributed by atoms with Gasteiger partial charge in [-0.05, 0) is 47.9 Å². The second-order valence-corrected chi connectivity index (χ2v) is 4.74. The first-order chi connectivity index (χ1) is 8.15. The standard InChI is InChI=1S/C13H12Cl2N2/c14-11-6-10(7-12(15)8-11)13(16)5-9-1-3-17-4-2-9/h1-4,6-8,13H,5,16H2. The molecule has 1 unspecified atom stereocenters. The molecule has 0 spiro atoms.